The van der Waals surface area contributed by atoms with Crippen LogP contribution in [-0.2, 0) is 13.1 Å². The van der Waals surface area contributed by atoms with E-state index in [9.17, 15) is 4.79 Å². The molecule has 1 fully saturated rings. The van der Waals surface area contributed by atoms with Crippen LogP contribution in [0.1, 0.15) is 36.7 Å². The second-order valence-electron chi connectivity index (χ2n) is 7.25. The van der Waals surface area contributed by atoms with E-state index >= 15 is 0 Å². The molecule has 1 aliphatic rings. The van der Waals surface area contributed by atoms with E-state index in [2.05, 4.69) is 15.3 Å². The summed E-state index contributed by atoms with van der Waals surface area (Å²) in [6.07, 6.45) is 2.12. The normalized spacial score (nSPS) is 13.5. The van der Waals surface area contributed by atoms with Crippen LogP contribution < -0.4 is 10.1 Å². The summed E-state index contributed by atoms with van der Waals surface area (Å²) >= 11 is 0. The van der Waals surface area contributed by atoms with Gasteiger partial charge in [0, 0.05) is 12.6 Å². The number of aromatic nitrogens is 2. The highest BCUT2D eigenvalue weighted by Crippen LogP contribution is 2.29. The monoisotopic (exact) mass is 378 g/mol. The number of rotatable bonds is 7. The van der Waals surface area contributed by atoms with E-state index in [1.54, 1.807) is 0 Å². The van der Waals surface area contributed by atoms with Crippen LogP contribution in [0.25, 0.3) is 11.0 Å². The van der Waals surface area contributed by atoms with Gasteiger partial charge in [-0.2, -0.15) is 0 Å². The zero-order valence-corrected chi connectivity index (χ0v) is 16.4. The number of imidazole rings is 1. The van der Waals surface area contributed by atoms with Gasteiger partial charge in [-0.1, -0.05) is 24.3 Å². The van der Waals surface area contributed by atoms with Gasteiger partial charge in [0.05, 0.1) is 24.2 Å². The Kier molecular flexibility index (Phi) is 5.19. The van der Waals surface area contributed by atoms with Crippen molar-refractivity contribution in [3.8, 4) is 5.75 Å². The molecule has 0 unspecified atom stereocenters. The zero-order chi connectivity index (χ0) is 19.5. The number of fused-ring (bicyclic) bond motifs is 1. The molecule has 6 heteroatoms. The molecule has 28 heavy (non-hydrogen) atoms. The van der Waals surface area contributed by atoms with Crippen molar-refractivity contribution >= 4 is 17.1 Å². The number of para-hydroxylation sites is 1. The molecule has 0 radical (unpaired) electrons. The number of aryl methyl sites for hydroxylation is 1. The van der Waals surface area contributed by atoms with Gasteiger partial charge in [-0.05, 0) is 56.0 Å². The molecule has 0 saturated heterocycles. The number of carbonyl (C=O) groups is 1. The van der Waals surface area contributed by atoms with E-state index in [0.29, 0.717) is 25.7 Å². The minimum atomic E-state index is -0.0542. The summed E-state index contributed by atoms with van der Waals surface area (Å²) in [4.78, 5) is 22.7. The smallest absolute Gasteiger partial charge is 0.318 e. The van der Waals surface area contributed by atoms with Crippen LogP contribution in [0.4, 0.5) is 4.79 Å². The number of amides is 2. The number of H-pyrrole nitrogens is 1. The molecule has 0 atom stereocenters. The summed E-state index contributed by atoms with van der Waals surface area (Å²) < 4.78 is 5.58. The van der Waals surface area contributed by atoms with Crippen molar-refractivity contribution in [1.82, 2.24) is 20.2 Å². The fourth-order valence-electron chi connectivity index (χ4n) is 3.42. The van der Waals surface area contributed by atoms with Crippen molar-refractivity contribution in [3.05, 3.63) is 59.4 Å². The van der Waals surface area contributed by atoms with Crippen LogP contribution in [0.5, 0.6) is 5.75 Å². The standard InChI is InChI=1S/C22H26N4O2/c1-3-28-18-8-5-7-16(12-18)14-26(17-10-11-17)22(27)23-13-20-24-19-9-4-6-15(2)21(19)25-20/h4-9,12,17H,3,10-11,13-14H2,1-2H3,(H,23,27)(H,24,25). The Morgan fingerprint density at radius 1 is 1.29 bits per heavy atom. The lowest BCUT2D eigenvalue weighted by molar-refractivity contribution is 0.191. The second-order valence-corrected chi connectivity index (χ2v) is 7.25. The SMILES string of the molecule is CCOc1cccc(CN(C(=O)NCc2nc3c(C)cccc3[nH]2)C2CC2)c1. The summed E-state index contributed by atoms with van der Waals surface area (Å²) in [5, 5.41) is 3.02. The molecule has 2 aromatic carbocycles. The number of nitrogens with one attached hydrogen (secondary N) is 2. The van der Waals surface area contributed by atoms with Crippen molar-refractivity contribution in [2.75, 3.05) is 6.61 Å². The summed E-state index contributed by atoms with van der Waals surface area (Å²) in [6.45, 7) is 5.60. The molecular weight excluding hydrogens is 352 g/mol. The maximum atomic E-state index is 12.8. The Bertz CT molecular complexity index is 978. The largest absolute Gasteiger partial charge is 0.494 e. The third-order valence-electron chi connectivity index (χ3n) is 4.98. The average Bonchev–Trinajstić information content (AvgIpc) is 3.44. The van der Waals surface area contributed by atoms with Crippen LogP contribution in [0.2, 0.25) is 0 Å². The van der Waals surface area contributed by atoms with Crippen molar-refractivity contribution < 1.29 is 9.53 Å². The van der Waals surface area contributed by atoms with Gasteiger partial charge in [-0.3, -0.25) is 0 Å². The molecule has 3 aromatic rings. The van der Waals surface area contributed by atoms with Crippen LogP contribution in [0, 0.1) is 6.92 Å². The first kappa shape index (κ1) is 18.3. The predicted octanol–water partition coefficient (Wildman–Crippen LogP) is 4.14. The Labute approximate surface area is 164 Å². The van der Waals surface area contributed by atoms with E-state index in [0.717, 1.165) is 46.6 Å². The van der Waals surface area contributed by atoms with Crippen LogP contribution in [-0.4, -0.2) is 33.5 Å². The molecule has 1 heterocycles. The molecule has 0 aliphatic heterocycles. The van der Waals surface area contributed by atoms with Gasteiger partial charge in [-0.25, -0.2) is 9.78 Å². The van der Waals surface area contributed by atoms with Gasteiger partial charge in [0.2, 0.25) is 0 Å². The maximum Gasteiger partial charge on any atom is 0.318 e. The van der Waals surface area contributed by atoms with Gasteiger partial charge >= 0.3 is 6.03 Å². The molecule has 146 valence electrons. The van der Waals surface area contributed by atoms with Gasteiger partial charge in [0.1, 0.15) is 11.6 Å². The molecule has 1 aliphatic carbocycles. The minimum Gasteiger partial charge on any atom is -0.494 e. The van der Waals surface area contributed by atoms with Gasteiger partial charge in [0.15, 0.2) is 0 Å². The Morgan fingerprint density at radius 3 is 2.86 bits per heavy atom. The first-order valence-corrected chi connectivity index (χ1v) is 9.84. The Balaban J connectivity index is 1.42. The van der Waals surface area contributed by atoms with E-state index in [4.69, 9.17) is 4.74 Å². The van der Waals surface area contributed by atoms with Crippen molar-refractivity contribution in [2.24, 2.45) is 0 Å². The molecule has 6 nitrogen and oxygen atoms in total. The summed E-state index contributed by atoms with van der Waals surface area (Å²) in [5.41, 5.74) is 4.15. The molecule has 1 saturated carbocycles. The number of hydrogen-bond donors (Lipinski definition) is 2. The third-order valence-corrected chi connectivity index (χ3v) is 4.98. The van der Waals surface area contributed by atoms with E-state index in [1.165, 1.54) is 0 Å². The van der Waals surface area contributed by atoms with Crippen LogP contribution in [0.3, 0.4) is 0 Å². The average molecular weight is 378 g/mol. The lowest BCUT2D eigenvalue weighted by atomic mass is 10.2. The Morgan fingerprint density at radius 2 is 2.11 bits per heavy atom. The number of aromatic amines is 1. The third kappa shape index (κ3) is 4.11. The van der Waals surface area contributed by atoms with Gasteiger partial charge < -0.3 is 19.9 Å². The number of carbonyl (C=O) groups excluding carboxylic acids is 1. The number of benzene rings is 2. The zero-order valence-electron chi connectivity index (χ0n) is 16.4. The minimum absolute atomic E-state index is 0.0542. The molecule has 2 amide bonds. The molecule has 0 bridgehead atoms. The Hall–Kier alpha value is -3.02. The quantitative estimate of drug-likeness (QED) is 0.649. The maximum absolute atomic E-state index is 12.8. The number of urea groups is 1. The van der Waals surface area contributed by atoms with Crippen LogP contribution in [0.15, 0.2) is 42.5 Å². The van der Waals surface area contributed by atoms with Crippen LogP contribution >= 0.6 is 0 Å². The highest BCUT2D eigenvalue weighted by molar-refractivity contribution is 5.79. The molecular formula is C22H26N4O2. The van der Waals surface area contributed by atoms with Gasteiger partial charge in [-0.15, -0.1) is 0 Å². The fourth-order valence-corrected chi connectivity index (χ4v) is 3.42. The summed E-state index contributed by atoms with van der Waals surface area (Å²) in [6, 6.07) is 14.3. The predicted molar refractivity (Wildman–Crippen MR) is 109 cm³/mol. The summed E-state index contributed by atoms with van der Waals surface area (Å²) in [5.74, 6) is 1.61. The van der Waals surface area contributed by atoms with Crippen molar-refractivity contribution in [1.29, 1.82) is 0 Å². The summed E-state index contributed by atoms with van der Waals surface area (Å²) in [7, 11) is 0. The van der Waals surface area contributed by atoms with Gasteiger partial charge in [0.25, 0.3) is 0 Å². The lowest BCUT2D eigenvalue weighted by Gasteiger charge is -2.23. The highest BCUT2D eigenvalue weighted by Gasteiger charge is 2.32. The number of nitrogens with zero attached hydrogens (tertiary/aromatic N) is 2. The molecule has 0 spiro atoms. The highest BCUT2D eigenvalue weighted by atomic mass is 16.5. The molecule has 1 aromatic heterocycles. The van der Waals surface area contributed by atoms with Crippen molar-refractivity contribution in [3.63, 3.8) is 0 Å². The van der Waals surface area contributed by atoms with E-state index < -0.39 is 0 Å². The molecule has 4 rings (SSSR count). The van der Waals surface area contributed by atoms with Crippen molar-refractivity contribution in [2.45, 2.75) is 45.8 Å². The second kappa shape index (κ2) is 7.92. The van der Waals surface area contributed by atoms with E-state index in [-0.39, 0.29) is 6.03 Å². The first-order valence-electron chi connectivity index (χ1n) is 9.84. The van der Waals surface area contributed by atoms with E-state index in [1.807, 2.05) is 61.2 Å². The molecule has 2 N–H and O–H groups in total. The number of ether oxygens (including phenoxy) is 1. The first-order chi connectivity index (χ1) is 13.6. The topological polar surface area (TPSA) is 70.2 Å². The number of hydrogen-bond acceptors (Lipinski definition) is 3. The fraction of sp³-hybridized carbons (Fsp3) is 0.364. The lowest BCUT2D eigenvalue weighted by Crippen LogP contribution is -2.40.